The summed E-state index contributed by atoms with van der Waals surface area (Å²) in [6, 6.07) is -0.436. The van der Waals surface area contributed by atoms with Gasteiger partial charge in [-0.05, 0) is 20.8 Å². The van der Waals surface area contributed by atoms with Gasteiger partial charge in [-0.1, -0.05) is 0 Å². The molecule has 16 heavy (non-hydrogen) atoms. The molecule has 1 amide bonds. The number of hydrogen-bond acceptors (Lipinski definition) is 4. The predicted molar refractivity (Wildman–Crippen MR) is 55.8 cm³/mol. The van der Waals surface area contributed by atoms with Crippen molar-refractivity contribution in [3.63, 3.8) is 0 Å². The average molecular weight is 227 g/mol. The van der Waals surface area contributed by atoms with Gasteiger partial charge in [0.1, 0.15) is 17.7 Å². The zero-order chi connectivity index (χ0) is 11.9. The van der Waals surface area contributed by atoms with Gasteiger partial charge in [-0.2, -0.15) is 0 Å². The minimum atomic E-state index is -0.531. The fourth-order valence-corrected chi connectivity index (χ4v) is 2.05. The molecule has 0 radical (unpaired) electrons. The molecule has 2 aliphatic rings. The fourth-order valence-electron chi connectivity index (χ4n) is 2.05. The van der Waals surface area contributed by atoms with Crippen molar-refractivity contribution < 1.29 is 19.1 Å². The lowest BCUT2D eigenvalue weighted by atomic mass is 10.0. The molecule has 0 aromatic carbocycles. The quantitative estimate of drug-likeness (QED) is 0.585. The van der Waals surface area contributed by atoms with Crippen molar-refractivity contribution in [1.29, 1.82) is 0 Å². The van der Waals surface area contributed by atoms with Crippen LogP contribution in [-0.2, 0) is 14.3 Å². The highest BCUT2D eigenvalue weighted by atomic mass is 16.6. The van der Waals surface area contributed by atoms with Crippen molar-refractivity contribution in [2.45, 2.75) is 51.4 Å². The Morgan fingerprint density at radius 3 is 2.81 bits per heavy atom. The Balaban J connectivity index is 2.04. The van der Waals surface area contributed by atoms with Gasteiger partial charge in [0.25, 0.3) is 0 Å². The summed E-state index contributed by atoms with van der Waals surface area (Å²) < 4.78 is 10.4. The van der Waals surface area contributed by atoms with Gasteiger partial charge >= 0.3 is 12.1 Å². The van der Waals surface area contributed by atoms with Crippen molar-refractivity contribution >= 4 is 12.1 Å². The summed E-state index contributed by atoms with van der Waals surface area (Å²) in [5.41, 5.74) is -0.531. The average Bonchev–Trinajstić information content (AvgIpc) is 2.40. The van der Waals surface area contributed by atoms with Gasteiger partial charge in [-0.15, -0.1) is 0 Å². The molecule has 5 nitrogen and oxygen atoms in total. The van der Waals surface area contributed by atoms with E-state index in [9.17, 15) is 9.59 Å². The highest BCUT2D eigenvalue weighted by molar-refractivity contribution is 5.83. The Hall–Kier alpha value is -1.26. The molecule has 0 aromatic heterocycles. The first-order chi connectivity index (χ1) is 7.37. The van der Waals surface area contributed by atoms with E-state index in [1.165, 1.54) is 4.90 Å². The molecule has 0 spiro atoms. The number of ether oxygens (including phenoxy) is 2. The SMILES string of the molecule is CC(C)(C)OC(=O)N1CC[C@@H]2C[C@@H]1C(=O)O2. The van der Waals surface area contributed by atoms with E-state index in [1.807, 2.05) is 20.8 Å². The lowest BCUT2D eigenvalue weighted by molar-refractivity contribution is -0.143. The minimum absolute atomic E-state index is 0.00353. The van der Waals surface area contributed by atoms with E-state index in [1.54, 1.807) is 0 Å². The molecule has 0 saturated carbocycles. The van der Waals surface area contributed by atoms with Gasteiger partial charge in [-0.3, -0.25) is 4.90 Å². The van der Waals surface area contributed by atoms with E-state index in [2.05, 4.69) is 0 Å². The summed E-state index contributed by atoms with van der Waals surface area (Å²) in [5.74, 6) is -0.298. The lowest BCUT2D eigenvalue weighted by Crippen LogP contribution is -2.47. The van der Waals surface area contributed by atoms with Gasteiger partial charge in [0.05, 0.1) is 0 Å². The molecule has 2 fully saturated rings. The van der Waals surface area contributed by atoms with E-state index >= 15 is 0 Å². The monoisotopic (exact) mass is 227 g/mol. The van der Waals surface area contributed by atoms with Gasteiger partial charge in [-0.25, -0.2) is 9.59 Å². The van der Waals surface area contributed by atoms with E-state index in [-0.39, 0.29) is 12.1 Å². The number of rotatable bonds is 0. The van der Waals surface area contributed by atoms with Gasteiger partial charge in [0.15, 0.2) is 0 Å². The Kier molecular flexibility index (Phi) is 2.56. The lowest BCUT2D eigenvalue weighted by Gasteiger charge is -2.31. The van der Waals surface area contributed by atoms with Crippen LogP contribution in [0.25, 0.3) is 0 Å². The third kappa shape index (κ3) is 2.13. The Morgan fingerprint density at radius 1 is 1.50 bits per heavy atom. The maximum absolute atomic E-state index is 11.8. The summed E-state index contributed by atoms with van der Waals surface area (Å²) in [4.78, 5) is 24.8. The molecular weight excluding hydrogens is 210 g/mol. The number of hydrogen-bond donors (Lipinski definition) is 0. The number of piperidine rings is 1. The van der Waals surface area contributed by atoms with E-state index in [0.717, 1.165) is 0 Å². The van der Waals surface area contributed by atoms with Crippen LogP contribution in [0.15, 0.2) is 0 Å². The standard InChI is InChI=1S/C11H17NO4/c1-11(2,3)16-10(14)12-5-4-7-6-8(12)9(13)15-7/h7-8H,4-6H2,1-3H3/t7-,8-/m1/s1. The van der Waals surface area contributed by atoms with Crippen LogP contribution >= 0.6 is 0 Å². The maximum Gasteiger partial charge on any atom is 0.411 e. The van der Waals surface area contributed by atoms with Crippen LogP contribution in [0.3, 0.4) is 0 Å². The highest BCUT2D eigenvalue weighted by Gasteiger charge is 2.45. The second-order valence-corrected chi connectivity index (χ2v) is 5.27. The molecule has 2 heterocycles. The fraction of sp³-hybridized carbons (Fsp3) is 0.818. The minimum Gasteiger partial charge on any atom is -0.461 e. The normalized spacial score (nSPS) is 28.9. The van der Waals surface area contributed by atoms with E-state index < -0.39 is 17.7 Å². The molecule has 2 atom stereocenters. The summed E-state index contributed by atoms with van der Waals surface area (Å²) in [6.07, 6.45) is 0.894. The zero-order valence-corrected chi connectivity index (χ0v) is 9.86. The molecule has 2 bridgehead atoms. The number of likely N-dealkylation sites (tertiary alicyclic amines) is 1. The number of carbonyl (C=O) groups is 2. The van der Waals surface area contributed by atoms with Crippen LogP contribution in [0, 0.1) is 0 Å². The predicted octanol–water partition coefficient (Wildman–Crippen LogP) is 1.31. The van der Waals surface area contributed by atoms with Crippen LogP contribution in [0.5, 0.6) is 0 Å². The summed E-state index contributed by atoms with van der Waals surface area (Å²) >= 11 is 0. The topological polar surface area (TPSA) is 55.8 Å². The van der Waals surface area contributed by atoms with Crippen LogP contribution in [0.1, 0.15) is 33.6 Å². The van der Waals surface area contributed by atoms with Crippen molar-refractivity contribution in [2.24, 2.45) is 0 Å². The van der Waals surface area contributed by atoms with Crippen molar-refractivity contribution in [3.05, 3.63) is 0 Å². The second kappa shape index (κ2) is 3.64. The van der Waals surface area contributed by atoms with Crippen LogP contribution < -0.4 is 0 Å². The smallest absolute Gasteiger partial charge is 0.411 e. The Labute approximate surface area is 94.7 Å². The molecule has 2 rings (SSSR count). The Morgan fingerprint density at radius 2 is 2.19 bits per heavy atom. The first-order valence-corrected chi connectivity index (χ1v) is 5.57. The largest absolute Gasteiger partial charge is 0.461 e. The summed E-state index contributed by atoms with van der Waals surface area (Å²) in [6.45, 7) is 5.97. The van der Waals surface area contributed by atoms with E-state index in [0.29, 0.717) is 19.4 Å². The van der Waals surface area contributed by atoms with Crippen molar-refractivity contribution in [1.82, 2.24) is 4.90 Å². The van der Waals surface area contributed by atoms with Crippen molar-refractivity contribution in [2.75, 3.05) is 6.54 Å². The third-order valence-corrected chi connectivity index (χ3v) is 2.74. The maximum atomic E-state index is 11.8. The third-order valence-electron chi connectivity index (χ3n) is 2.74. The second-order valence-electron chi connectivity index (χ2n) is 5.27. The number of amides is 1. The number of esters is 1. The molecule has 0 N–H and O–H groups in total. The van der Waals surface area contributed by atoms with Crippen LogP contribution in [0.4, 0.5) is 4.79 Å². The first kappa shape index (κ1) is 11.2. The molecular formula is C11H17NO4. The highest BCUT2D eigenvalue weighted by Crippen LogP contribution is 2.29. The molecule has 2 aliphatic heterocycles. The van der Waals surface area contributed by atoms with Crippen LogP contribution in [-0.4, -0.2) is 41.3 Å². The molecule has 0 aliphatic carbocycles. The summed E-state index contributed by atoms with van der Waals surface area (Å²) in [5, 5.41) is 0. The Bertz CT molecular complexity index is 320. The molecule has 0 unspecified atom stereocenters. The number of nitrogens with zero attached hydrogens (tertiary/aromatic N) is 1. The van der Waals surface area contributed by atoms with Crippen LogP contribution in [0.2, 0.25) is 0 Å². The van der Waals surface area contributed by atoms with Gasteiger partial charge in [0, 0.05) is 19.4 Å². The first-order valence-electron chi connectivity index (χ1n) is 5.57. The van der Waals surface area contributed by atoms with E-state index in [4.69, 9.17) is 9.47 Å². The molecule has 90 valence electrons. The molecule has 0 aromatic rings. The zero-order valence-electron chi connectivity index (χ0n) is 9.86. The summed E-state index contributed by atoms with van der Waals surface area (Å²) in [7, 11) is 0. The van der Waals surface area contributed by atoms with Gasteiger partial charge < -0.3 is 9.47 Å². The number of fused-ring (bicyclic) bond motifs is 2. The van der Waals surface area contributed by atoms with Crippen molar-refractivity contribution in [3.8, 4) is 0 Å². The number of carbonyl (C=O) groups excluding carboxylic acids is 2. The molecule has 5 heteroatoms. The molecule has 2 saturated heterocycles. The van der Waals surface area contributed by atoms with Gasteiger partial charge in [0.2, 0.25) is 0 Å².